The zero-order valence-electron chi connectivity index (χ0n) is 20.8. The minimum absolute atomic E-state index is 0.0828. The van der Waals surface area contributed by atoms with Gasteiger partial charge >= 0.3 is 5.69 Å². The number of amides is 1. The number of fused-ring (bicyclic) bond motifs is 2. The van der Waals surface area contributed by atoms with Crippen molar-refractivity contribution in [3.05, 3.63) is 32.6 Å². The number of hydrogen-bond donors (Lipinski definition) is 1. The first kappa shape index (κ1) is 26.5. The van der Waals surface area contributed by atoms with E-state index in [2.05, 4.69) is 15.7 Å². The average Bonchev–Trinajstić information content (AvgIpc) is 3.18. The van der Waals surface area contributed by atoms with Crippen molar-refractivity contribution in [2.24, 2.45) is 0 Å². The zero-order chi connectivity index (χ0) is 25.4. The maximum atomic E-state index is 13.3. The van der Waals surface area contributed by atoms with Crippen LogP contribution in [0.15, 0.2) is 15.8 Å². The summed E-state index contributed by atoms with van der Waals surface area (Å²) in [5.41, 5.74) is -2.02. The Balaban J connectivity index is 2.04. The maximum Gasteiger partial charge on any atom is 0.330 e. The lowest BCUT2D eigenvalue weighted by Crippen LogP contribution is -2.50. The number of nitriles is 1. The highest BCUT2D eigenvalue weighted by Gasteiger charge is 2.69. The first-order valence-electron chi connectivity index (χ1n) is 11.5. The van der Waals surface area contributed by atoms with Crippen molar-refractivity contribution in [1.82, 2.24) is 19.1 Å². The van der Waals surface area contributed by atoms with Crippen LogP contribution in [0.4, 0.5) is 0 Å². The third-order valence-electron chi connectivity index (χ3n) is 6.33. The fourth-order valence-corrected chi connectivity index (χ4v) is 6.54. The topological polar surface area (TPSA) is 130 Å². The Kier molecular flexibility index (Phi) is 8.00. The van der Waals surface area contributed by atoms with Gasteiger partial charge in [0.2, 0.25) is 0 Å². The van der Waals surface area contributed by atoms with E-state index in [1.54, 1.807) is 18.9 Å². The SMILES string of the molecule is CC[C@@]12O[C@@H](n3cc(C)c(=O)[nH]c3=O)[C@H](C1OP(OCCC#N)N(C(C)C)C(C)C)N(C)C2=O. The number of likely N-dealkylation sites (tertiary alicyclic amines) is 1. The van der Waals surface area contributed by atoms with Crippen molar-refractivity contribution < 1.29 is 18.6 Å². The summed E-state index contributed by atoms with van der Waals surface area (Å²) in [5.74, 6) is -0.219. The predicted molar refractivity (Wildman–Crippen MR) is 126 cm³/mol. The Morgan fingerprint density at radius 3 is 2.50 bits per heavy atom. The number of carbonyl (C=O) groups excluding carboxylic acids is 1. The third kappa shape index (κ3) is 4.45. The van der Waals surface area contributed by atoms with Crippen LogP contribution in [-0.4, -0.2) is 68.5 Å². The van der Waals surface area contributed by atoms with Gasteiger partial charge in [-0.3, -0.25) is 19.1 Å². The number of nitrogens with zero attached hydrogens (tertiary/aromatic N) is 4. The number of morpholine rings is 1. The number of hydrogen-bond acceptors (Lipinski definition) is 8. The van der Waals surface area contributed by atoms with Crippen LogP contribution in [0, 0.1) is 18.3 Å². The van der Waals surface area contributed by atoms with Crippen molar-refractivity contribution in [3.8, 4) is 6.07 Å². The van der Waals surface area contributed by atoms with Crippen LogP contribution in [0.25, 0.3) is 0 Å². The average molecular weight is 496 g/mol. The first-order valence-corrected chi connectivity index (χ1v) is 12.6. The standard InChI is InChI=1S/C22H34N5O6P/c1-8-22-17(33-34(31-11-9-10-23)27(13(2)3)14(4)5)16(25(7)20(22)29)19(32-22)26-12-15(6)18(28)24-21(26)30/h12-14,16-17,19H,8-9,11H2,1-7H3,(H,24,28,30)/t16-,17?,19+,22+,34?/m0/s1. The molecule has 11 nitrogen and oxygen atoms in total. The number of nitrogens with one attached hydrogen (secondary N) is 1. The van der Waals surface area contributed by atoms with Crippen LogP contribution >= 0.6 is 8.53 Å². The number of aryl methyl sites for hydroxylation is 1. The van der Waals surface area contributed by atoms with Crippen LogP contribution in [0.5, 0.6) is 0 Å². The highest BCUT2D eigenvalue weighted by Crippen LogP contribution is 2.56. The summed E-state index contributed by atoms with van der Waals surface area (Å²) in [7, 11) is 0.0246. The minimum Gasteiger partial charge on any atom is -0.336 e. The molecule has 188 valence electrons. The van der Waals surface area contributed by atoms with Crippen molar-refractivity contribution in [1.29, 1.82) is 5.26 Å². The van der Waals surface area contributed by atoms with E-state index in [-0.39, 0.29) is 31.0 Å². The molecule has 2 saturated heterocycles. The molecule has 1 amide bonds. The Bertz CT molecular complexity index is 1060. The van der Waals surface area contributed by atoms with Gasteiger partial charge in [0.05, 0.1) is 19.1 Å². The Labute approximate surface area is 200 Å². The molecular formula is C22H34N5O6P. The van der Waals surface area contributed by atoms with E-state index in [1.165, 1.54) is 10.8 Å². The smallest absolute Gasteiger partial charge is 0.330 e. The van der Waals surface area contributed by atoms with E-state index >= 15 is 0 Å². The fourth-order valence-electron chi connectivity index (χ4n) is 4.75. The molecular weight excluding hydrogens is 461 g/mol. The summed E-state index contributed by atoms with van der Waals surface area (Å²) in [6.45, 7) is 11.8. The molecule has 0 radical (unpaired) electrons. The molecule has 5 atom stereocenters. The van der Waals surface area contributed by atoms with Crippen LogP contribution < -0.4 is 11.2 Å². The molecule has 0 saturated carbocycles. The number of aromatic amines is 1. The molecule has 1 aromatic heterocycles. The quantitative estimate of drug-likeness (QED) is 0.386. The first-order chi connectivity index (χ1) is 16.0. The third-order valence-corrected chi connectivity index (χ3v) is 8.45. The van der Waals surface area contributed by atoms with Gasteiger partial charge in [0.15, 0.2) is 11.8 Å². The lowest BCUT2D eigenvalue weighted by molar-refractivity contribution is -0.175. The van der Waals surface area contributed by atoms with E-state index in [1.807, 2.05) is 34.6 Å². The lowest BCUT2D eigenvalue weighted by Gasteiger charge is -2.38. The largest absolute Gasteiger partial charge is 0.336 e. The van der Waals surface area contributed by atoms with Crippen molar-refractivity contribution in [3.63, 3.8) is 0 Å². The number of H-pyrrole nitrogens is 1. The second-order valence-electron chi connectivity index (χ2n) is 9.21. The Morgan fingerprint density at radius 1 is 1.29 bits per heavy atom. The van der Waals surface area contributed by atoms with Gasteiger partial charge in [-0.2, -0.15) is 5.26 Å². The van der Waals surface area contributed by atoms with Gasteiger partial charge < -0.3 is 18.7 Å². The molecule has 2 unspecified atom stereocenters. The van der Waals surface area contributed by atoms with Gasteiger partial charge in [0.1, 0.15) is 12.1 Å². The van der Waals surface area contributed by atoms with Gasteiger partial charge in [0.25, 0.3) is 20.0 Å². The number of ether oxygens (including phenoxy) is 1. The second kappa shape index (κ2) is 10.3. The molecule has 34 heavy (non-hydrogen) atoms. The van der Waals surface area contributed by atoms with E-state index in [4.69, 9.17) is 19.0 Å². The minimum atomic E-state index is -1.64. The van der Waals surface area contributed by atoms with Crippen LogP contribution in [0.2, 0.25) is 0 Å². The molecule has 2 aliphatic heterocycles. The van der Waals surface area contributed by atoms with E-state index in [0.29, 0.717) is 12.0 Å². The Morgan fingerprint density at radius 2 is 1.94 bits per heavy atom. The van der Waals surface area contributed by atoms with E-state index in [0.717, 1.165) is 0 Å². The highest BCUT2D eigenvalue weighted by molar-refractivity contribution is 7.44. The lowest BCUT2D eigenvalue weighted by atomic mass is 9.96. The molecule has 3 rings (SSSR count). The number of carbonyl (C=O) groups is 1. The number of rotatable bonds is 10. The molecule has 1 N–H and O–H groups in total. The van der Waals surface area contributed by atoms with Gasteiger partial charge in [-0.1, -0.05) is 6.92 Å². The van der Waals surface area contributed by atoms with Crippen molar-refractivity contribution in [2.45, 2.75) is 90.4 Å². The summed E-state index contributed by atoms with van der Waals surface area (Å²) >= 11 is 0. The van der Waals surface area contributed by atoms with Crippen molar-refractivity contribution >= 4 is 14.4 Å². The summed E-state index contributed by atoms with van der Waals surface area (Å²) in [6.07, 6.45) is 0.441. The summed E-state index contributed by atoms with van der Waals surface area (Å²) < 4.78 is 22.3. The highest BCUT2D eigenvalue weighted by atomic mass is 31.2. The molecule has 0 spiro atoms. The molecule has 2 aliphatic rings. The zero-order valence-corrected chi connectivity index (χ0v) is 21.7. The van der Waals surface area contributed by atoms with Crippen LogP contribution in [0.1, 0.15) is 59.3 Å². The van der Waals surface area contributed by atoms with E-state index < -0.39 is 43.7 Å². The molecule has 12 heteroatoms. The molecule has 0 aliphatic carbocycles. The fraction of sp³-hybridized carbons (Fsp3) is 0.727. The van der Waals surface area contributed by atoms with Gasteiger partial charge in [-0.15, -0.1) is 0 Å². The summed E-state index contributed by atoms with van der Waals surface area (Å²) in [5, 5.41) is 8.99. The van der Waals surface area contributed by atoms with Gasteiger partial charge in [-0.05, 0) is 41.0 Å². The van der Waals surface area contributed by atoms with Crippen LogP contribution in [0.3, 0.4) is 0 Å². The molecule has 3 heterocycles. The normalized spacial score (nSPS) is 27.3. The Hall–Kier alpha value is -2.09. The summed E-state index contributed by atoms with van der Waals surface area (Å²) in [4.78, 5) is 41.7. The maximum absolute atomic E-state index is 13.3. The van der Waals surface area contributed by atoms with E-state index in [9.17, 15) is 14.4 Å². The number of aromatic nitrogens is 2. The van der Waals surface area contributed by atoms with Crippen LogP contribution in [-0.2, 0) is 18.6 Å². The van der Waals surface area contributed by atoms with Gasteiger partial charge in [-0.25, -0.2) is 9.46 Å². The monoisotopic (exact) mass is 495 g/mol. The molecule has 0 aromatic carbocycles. The van der Waals surface area contributed by atoms with Gasteiger partial charge in [0, 0.05) is 30.9 Å². The number of likely N-dealkylation sites (N-methyl/N-ethyl adjacent to an activating group) is 1. The predicted octanol–water partition coefficient (Wildman–Crippen LogP) is 2.02. The molecule has 2 fully saturated rings. The van der Waals surface area contributed by atoms with Crippen molar-refractivity contribution in [2.75, 3.05) is 13.7 Å². The molecule has 2 bridgehead atoms. The second-order valence-corrected chi connectivity index (χ2v) is 10.6. The summed E-state index contributed by atoms with van der Waals surface area (Å²) in [6, 6.07) is 1.63. The molecule has 1 aromatic rings.